The number of ether oxygens (including phenoxy) is 2. The number of benzene rings is 2. The van der Waals surface area contributed by atoms with Gasteiger partial charge in [-0.2, -0.15) is 0 Å². The average molecular weight is 370 g/mol. The molecule has 2 unspecified atom stereocenters. The van der Waals surface area contributed by atoms with Crippen molar-refractivity contribution in [2.45, 2.75) is 12.0 Å². The summed E-state index contributed by atoms with van der Waals surface area (Å²) in [6.07, 6.45) is 0. The summed E-state index contributed by atoms with van der Waals surface area (Å²) in [5.74, 6) is 0.136. The van der Waals surface area contributed by atoms with E-state index < -0.39 is 0 Å². The predicted octanol–water partition coefficient (Wildman–Crippen LogP) is 2.49. The molecule has 5 nitrogen and oxygen atoms in total. The zero-order valence-electron chi connectivity index (χ0n) is 15.1. The third-order valence-corrected chi connectivity index (χ3v) is 5.21. The average Bonchev–Trinajstić information content (AvgIpc) is 3.13. The number of nitrogens with zero attached hydrogens (tertiary/aromatic N) is 1. The van der Waals surface area contributed by atoms with Gasteiger partial charge in [0.05, 0.1) is 19.3 Å². The third-order valence-electron chi connectivity index (χ3n) is 5.21. The smallest absolute Gasteiger partial charge is 0.231 e. The highest BCUT2D eigenvalue weighted by Crippen LogP contribution is 2.33. The molecule has 27 heavy (non-hydrogen) atoms. The molecule has 2 aromatic carbocycles. The Balaban J connectivity index is 1.48. The maximum atomic E-state index is 13.8. The highest BCUT2D eigenvalue weighted by Gasteiger charge is 2.31. The first kappa shape index (κ1) is 17.9. The molecule has 4 rings (SSSR count). The topological polar surface area (TPSA) is 50.8 Å². The van der Waals surface area contributed by atoms with E-state index in [1.54, 1.807) is 12.1 Å². The summed E-state index contributed by atoms with van der Waals surface area (Å²) in [6.45, 7) is 3.57. The number of carbonyl (C=O) groups excluding carboxylic acids is 1. The van der Waals surface area contributed by atoms with Gasteiger partial charge < -0.3 is 14.8 Å². The first-order chi connectivity index (χ1) is 13.2. The molecule has 1 N–H and O–H groups in total. The van der Waals surface area contributed by atoms with Crippen molar-refractivity contribution in [3.05, 3.63) is 65.5 Å². The second kappa shape index (κ2) is 8.06. The van der Waals surface area contributed by atoms with E-state index in [9.17, 15) is 9.18 Å². The Labute approximate surface area is 158 Å². The normalized spacial score (nSPS) is 20.6. The second-order valence-corrected chi connectivity index (χ2v) is 6.87. The van der Waals surface area contributed by atoms with Crippen LogP contribution < -0.4 is 10.1 Å². The molecule has 2 atom stereocenters. The lowest BCUT2D eigenvalue weighted by atomic mass is 9.99. The molecule has 142 valence electrons. The summed E-state index contributed by atoms with van der Waals surface area (Å²) >= 11 is 0. The number of morpholine rings is 1. The van der Waals surface area contributed by atoms with Crippen molar-refractivity contribution >= 4 is 5.91 Å². The van der Waals surface area contributed by atoms with E-state index in [1.165, 1.54) is 6.07 Å². The fourth-order valence-corrected chi connectivity index (χ4v) is 3.76. The van der Waals surface area contributed by atoms with Gasteiger partial charge in [0.25, 0.3) is 0 Å². The highest BCUT2D eigenvalue weighted by atomic mass is 19.1. The lowest BCUT2D eigenvalue weighted by Crippen LogP contribution is -2.44. The van der Waals surface area contributed by atoms with Crippen molar-refractivity contribution in [1.82, 2.24) is 10.2 Å². The second-order valence-electron chi connectivity index (χ2n) is 6.87. The number of amides is 1. The molecule has 2 aromatic rings. The lowest BCUT2D eigenvalue weighted by molar-refractivity contribution is -0.123. The molecule has 0 aliphatic carbocycles. The van der Waals surface area contributed by atoms with E-state index in [0.717, 1.165) is 30.0 Å². The SMILES string of the molecule is O=C(NCC(c1cccc(F)c1)N1CCOCC1)C1COc2ccccc21. The van der Waals surface area contributed by atoms with Crippen LogP contribution in [-0.4, -0.2) is 50.3 Å². The van der Waals surface area contributed by atoms with E-state index in [0.29, 0.717) is 26.4 Å². The standard InChI is InChI=1S/C21H23FN2O3/c22-16-5-3-4-15(12-16)19(24-8-10-26-11-9-24)13-23-21(25)18-14-27-20-7-2-1-6-17(18)20/h1-7,12,18-19H,8-11,13-14H2,(H,23,25). The Morgan fingerprint density at radius 3 is 2.81 bits per heavy atom. The van der Waals surface area contributed by atoms with Crippen LogP contribution in [0.3, 0.4) is 0 Å². The summed E-state index contributed by atoms with van der Waals surface area (Å²) in [5, 5.41) is 3.06. The number of rotatable bonds is 5. The Hall–Kier alpha value is -2.44. The minimum absolute atomic E-state index is 0.0605. The molecule has 0 bridgehead atoms. The van der Waals surface area contributed by atoms with Crippen molar-refractivity contribution < 1.29 is 18.7 Å². The molecule has 0 aromatic heterocycles. The van der Waals surface area contributed by atoms with Crippen molar-refractivity contribution in [1.29, 1.82) is 0 Å². The van der Waals surface area contributed by atoms with Gasteiger partial charge in [-0.05, 0) is 23.8 Å². The number of carbonyl (C=O) groups is 1. The van der Waals surface area contributed by atoms with E-state index >= 15 is 0 Å². The van der Waals surface area contributed by atoms with E-state index in [-0.39, 0.29) is 23.7 Å². The van der Waals surface area contributed by atoms with Crippen LogP contribution in [0.5, 0.6) is 5.75 Å². The number of hydrogen-bond acceptors (Lipinski definition) is 4. The maximum Gasteiger partial charge on any atom is 0.231 e. The number of para-hydroxylation sites is 1. The number of halogens is 1. The van der Waals surface area contributed by atoms with Gasteiger partial charge >= 0.3 is 0 Å². The third kappa shape index (κ3) is 3.96. The summed E-state index contributed by atoms with van der Waals surface area (Å²) < 4.78 is 24.8. The molecule has 0 saturated carbocycles. The van der Waals surface area contributed by atoms with E-state index in [2.05, 4.69) is 10.2 Å². The van der Waals surface area contributed by atoms with Crippen LogP contribution in [0.15, 0.2) is 48.5 Å². The minimum Gasteiger partial charge on any atom is -0.492 e. The van der Waals surface area contributed by atoms with Crippen LogP contribution in [0.1, 0.15) is 23.1 Å². The van der Waals surface area contributed by atoms with Gasteiger partial charge in [0.1, 0.15) is 24.1 Å². The summed E-state index contributed by atoms with van der Waals surface area (Å²) in [4.78, 5) is 15.0. The molecular formula is C21H23FN2O3. The van der Waals surface area contributed by atoms with Crippen LogP contribution in [-0.2, 0) is 9.53 Å². The Morgan fingerprint density at radius 2 is 2.00 bits per heavy atom. The zero-order chi connectivity index (χ0) is 18.6. The Kier molecular flexibility index (Phi) is 5.36. The Morgan fingerprint density at radius 1 is 1.19 bits per heavy atom. The van der Waals surface area contributed by atoms with Crippen molar-refractivity contribution in [3.8, 4) is 5.75 Å². The van der Waals surface area contributed by atoms with Crippen LogP contribution in [0.4, 0.5) is 4.39 Å². The van der Waals surface area contributed by atoms with Gasteiger partial charge in [0, 0.05) is 25.2 Å². The molecule has 1 amide bonds. The Bertz CT molecular complexity index is 808. The number of fused-ring (bicyclic) bond motifs is 1. The molecule has 2 aliphatic rings. The van der Waals surface area contributed by atoms with Gasteiger partial charge in [0.2, 0.25) is 5.91 Å². The van der Waals surface area contributed by atoms with Crippen LogP contribution >= 0.6 is 0 Å². The van der Waals surface area contributed by atoms with Crippen molar-refractivity contribution in [2.24, 2.45) is 0 Å². The van der Waals surface area contributed by atoms with E-state index in [1.807, 2.05) is 30.3 Å². The summed E-state index contributed by atoms with van der Waals surface area (Å²) in [6, 6.07) is 14.1. The summed E-state index contributed by atoms with van der Waals surface area (Å²) in [5.41, 5.74) is 1.78. The first-order valence-corrected chi connectivity index (χ1v) is 9.29. The molecule has 0 spiro atoms. The quantitative estimate of drug-likeness (QED) is 0.879. The summed E-state index contributed by atoms with van der Waals surface area (Å²) in [7, 11) is 0. The zero-order valence-corrected chi connectivity index (χ0v) is 15.1. The molecule has 0 radical (unpaired) electrons. The number of nitrogens with one attached hydrogen (secondary N) is 1. The highest BCUT2D eigenvalue weighted by molar-refractivity contribution is 5.85. The molecule has 1 saturated heterocycles. The lowest BCUT2D eigenvalue weighted by Gasteiger charge is -2.35. The maximum absolute atomic E-state index is 13.8. The van der Waals surface area contributed by atoms with Gasteiger partial charge in [0.15, 0.2) is 0 Å². The molecule has 6 heteroatoms. The predicted molar refractivity (Wildman–Crippen MR) is 99.2 cm³/mol. The molecule has 2 aliphatic heterocycles. The van der Waals surface area contributed by atoms with Gasteiger partial charge in [-0.3, -0.25) is 9.69 Å². The van der Waals surface area contributed by atoms with E-state index in [4.69, 9.17) is 9.47 Å². The van der Waals surface area contributed by atoms with Crippen molar-refractivity contribution in [3.63, 3.8) is 0 Å². The number of hydrogen-bond donors (Lipinski definition) is 1. The van der Waals surface area contributed by atoms with Crippen LogP contribution in [0, 0.1) is 5.82 Å². The van der Waals surface area contributed by atoms with Gasteiger partial charge in [-0.25, -0.2) is 4.39 Å². The van der Waals surface area contributed by atoms with Crippen LogP contribution in [0.25, 0.3) is 0 Å². The molecule has 2 heterocycles. The van der Waals surface area contributed by atoms with Crippen molar-refractivity contribution in [2.75, 3.05) is 39.5 Å². The monoisotopic (exact) mass is 370 g/mol. The fourth-order valence-electron chi connectivity index (χ4n) is 3.76. The van der Waals surface area contributed by atoms with Crippen LogP contribution in [0.2, 0.25) is 0 Å². The minimum atomic E-state index is -0.306. The molecular weight excluding hydrogens is 347 g/mol. The first-order valence-electron chi connectivity index (χ1n) is 9.29. The van der Waals surface area contributed by atoms with Gasteiger partial charge in [-0.1, -0.05) is 30.3 Å². The molecule has 1 fully saturated rings. The fraction of sp³-hybridized carbons (Fsp3) is 0.381. The van der Waals surface area contributed by atoms with Gasteiger partial charge in [-0.15, -0.1) is 0 Å². The largest absolute Gasteiger partial charge is 0.492 e.